The molecular weight excluding hydrogens is 432 g/mol. The molecular formula is C32H36Ti. The van der Waals surface area contributed by atoms with Gasteiger partial charge in [-0.15, -0.1) is 0 Å². The summed E-state index contributed by atoms with van der Waals surface area (Å²) in [5.41, 5.74) is 9.70. The number of hydrogen-bond donors (Lipinski definition) is 0. The molecule has 0 amide bonds. The van der Waals surface area contributed by atoms with E-state index in [1.807, 2.05) is 5.57 Å². The van der Waals surface area contributed by atoms with Crippen LogP contribution in [-0.4, -0.2) is 0 Å². The first-order valence-corrected chi connectivity index (χ1v) is 16.7. The van der Waals surface area contributed by atoms with E-state index in [0.717, 1.165) is 0 Å². The normalized spacial score (nSPS) is 20.5. The molecule has 0 heterocycles. The van der Waals surface area contributed by atoms with Crippen LogP contribution in [0.2, 0.25) is 3.72 Å². The summed E-state index contributed by atoms with van der Waals surface area (Å²) in [5, 5.41) is 0. The van der Waals surface area contributed by atoms with Crippen molar-refractivity contribution in [2.24, 2.45) is 0 Å². The van der Waals surface area contributed by atoms with E-state index < -0.39 is 16.6 Å². The molecule has 0 aliphatic heterocycles. The first-order chi connectivity index (χ1) is 16.1. The van der Waals surface area contributed by atoms with Crippen LogP contribution in [-0.2, 0) is 30.8 Å². The van der Waals surface area contributed by atoms with Crippen LogP contribution < -0.4 is 0 Å². The second-order valence-corrected chi connectivity index (χ2v) is 17.7. The van der Waals surface area contributed by atoms with Gasteiger partial charge in [0.15, 0.2) is 0 Å². The fraction of sp³-hybridized carbons (Fsp3) is 0.312. The van der Waals surface area contributed by atoms with Crippen molar-refractivity contribution in [2.75, 3.05) is 0 Å². The van der Waals surface area contributed by atoms with Crippen LogP contribution in [0, 0.1) is 0 Å². The van der Waals surface area contributed by atoms with Crippen molar-refractivity contribution in [3.63, 3.8) is 0 Å². The van der Waals surface area contributed by atoms with E-state index in [2.05, 4.69) is 111 Å². The monoisotopic (exact) mass is 468 g/mol. The Balaban J connectivity index is 1.70. The van der Waals surface area contributed by atoms with E-state index in [1.165, 1.54) is 56.6 Å². The second kappa shape index (κ2) is 9.61. The Morgan fingerprint density at radius 1 is 0.636 bits per heavy atom. The van der Waals surface area contributed by atoms with Crippen LogP contribution in [0.15, 0.2) is 114 Å². The zero-order chi connectivity index (χ0) is 22.7. The summed E-state index contributed by atoms with van der Waals surface area (Å²) in [6.45, 7) is 5.05. The Hall–Kier alpha value is -2.15. The summed E-state index contributed by atoms with van der Waals surface area (Å²) in [5.74, 6) is 0. The van der Waals surface area contributed by atoms with Gasteiger partial charge in [-0.1, -0.05) is 0 Å². The summed E-state index contributed by atoms with van der Waals surface area (Å²) in [4.78, 5) is 0. The fourth-order valence-electron chi connectivity index (χ4n) is 6.69. The van der Waals surface area contributed by atoms with Crippen molar-refractivity contribution >= 4 is 0 Å². The van der Waals surface area contributed by atoms with E-state index in [9.17, 15) is 0 Å². The predicted octanol–water partition coefficient (Wildman–Crippen LogP) is 8.75. The minimum absolute atomic E-state index is 0.237. The summed E-state index contributed by atoms with van der Waals surface area (Å²) < 4.78 is 4.03. The molecule has 3 aromatic carbocycles. The molecule has 0 saturated carbocycles. The van der Waals surface area contributed by atoms with Gasteiger partial charge in [0.25, 0.3) is 0 Å². The van der Waals surface area contributed by atoms with Crippen LogP contribution in [0.3, 0.4) is 0 Å². The molecule has 1 unspecified atom stereocenters. The molecule has 0 radical (unpaired) electrons. The van der Waals surface area contributed by atoms with Gasteiger partial charge in [-0.3, -0.25) is 0 Å². The molecule has 5 rings (SSSR count). The predicted molar refractivity (Wildman–Crippen MR) is 138 cm³/mol. The summed E-state index contributed by atoms with van der Waals surface area (Å²) >= 11 is -2.71. The van der Waals surface area contributed by atoms with E-state index >= 15 is 0 Å². The Morgan fingerprint density at radius 3 is 1.52 bits per heavy atom. The molecule has 33 heavy (non-hydrogen) atoms. The van der Waals surface area contributed by atoms with E-state index in [-0.39, 0.29) is 3.72 Å². The minimum atomic E-state index is -2.71. The molecule has 1 heteroatoms. The molecule has 0 bridgehead atoms. The zero-order valence-corrected chi connectivity index (χ0v) is 21.7. The van der Waals surface area contributed by atoms with Gasteiger partial charge in [0.1, 0.15) is 0 Å². The van der Waals surface area contributed by atoms with Gasteiger partial charge in [0, 0.05) is 0 Å². The van der Waals surface area contributed by atoms with Crippen molar-refractivity contribution in [1.82, 2.24) is 0 Å². The first-order valence-electron chi connectivity index (χ1n) is 12.6. The number of benzene rings is 3. The number of rotatable bonds is 7. The van der Waals surface area contributed by atoms with Gasteiger partial charge in [0.2, 0.25) is 0 Å². The van der Waals surface area contributed by atoms with Gasteiger partial charge in [-0.25, -0.2) is 0 Å². The van der Waals surface area contributed by atoms with Crippen LogP contribution in [0.5, 0.6) is 0 Å². The third-order valence-electron chi connectivity index (χ3n) is 8.33. The SMILES string of the molecule is CC1=C[C](C)([Ti]([CH2]c2ccccc2)([CH2]c2ccccc2)[CH2]c2ccccc2)C2=C1CCCC2. The second-order valence-electron chi connectivity index (χ2n) is 10.5. The van der Waals surface area contributed by atoms with E-state index in [4.69, 9.17) is 0 Å². The molecule has 1 atom stereocenters. The van der Waals surface area contributed by atoms with Crippen molar-refractivity contribution in [3.05, 3.63) is 130 Å². The Kier molecular flexibility index (Phi) is 6.59. The van der Waals surface area contributed by atoms with Crippen LogP contribution in [0.1, 0.15) is 56.2 Å². The summed E-state index contributed by atoms with van der Waals surface area (Å²) in [7, 11) is 0. The molecule has 0 nitrogen and oxygen atoms in total. The van der Waals surface area contributed by atoms with Crippen molar-refractivity contribution in [1.29, 1.82) is 0 Å². The molecule has 0 aromatic heterocycles. The zero-order valence-electron chi connectivity index (χ0n) is 20.2. The van der Waals surface area contributed by atoms with Crippen LogP contribution in [0.25, 0.3) is 0 Å². The van der Waals surface area contributed by atoms with Crippen LogP contribution >= 0.6 is 0 Å². The third-order valence-corrected chi connectivity index (χ3v) is 17.6. The van der Waals surface area contributed by atoms with E-state index in [1.54, 1.807) is 11.1 Å². The molecule has 3 aromatic rings. The number of hydrogen-bond acceptors (Lipinski definition) is 0. The Morgan fingerprint density at radius 2 is 1.06 bits per heavy atom. The van der Waals surface area contributed by atoms with E-state index in [0.29, 0.717) is 0 Å². The fourth-order valence-corrected chi connectivity index (χ4v) is 16.0. The Bertz CT molecular complexity index is 1040. The van der Waals surface area contributed by atoms with Gasteiger partial charge in [0.05, 0.1) is 0 Å². The topological polar surface area (TPSA) is 0 Å². The molecule has 0 saturated heterocycles. The average molecular weight is 469 g/mol. The van der Waals surface area contributed by atoms with Gasteiger partial charge >= 0.3 is 204 Å². The standard InChI is InChI=1S/C11H15.3C7H7.Ti/c1-8-7-9(2)11-6-4-3-5-10(8)11;3*1-7-5-3-2-4-6-7;/h7H,3-6H2,1-2H3;3*2-6H,1H2;. The molecule has 0 spiro atoms. The number of allylic oxidation sites excluding steroid dienone is 4. The quantitative estimate of drug-likeness (QED) is 0.304. The third kappa shape index (κ3) is 4.49. The van der Waals surface area contributed by atoms with Gasteiger partial charge in [-0.05, 0) is 0 Å². The Labute approximate surface area is 203 Å². The summed E-state index contributed by atoms with van der Waals surface area (Å²) in [6.07, 6.45) is 8.04. The maximum absolute atomic E-state index is 2.75. The average Bonchev–Trinajstić information content (AvgIpc) is 3.12. The molecule has 0 N–H and O–H groups in total. The van der Waals surface area contributed by atoms with Crippen LogP contribution in [0.4, 0.5) is 0 Å². The maximum atomic E-state index is 2.75. The van der Waals surface area contributed by atoms with Gasteiger partial charge < -0.3 is 0 Å². The van der Waals surface area contributed by atoms with Crippen molar-refractivity contribution < 1.29 is 16.6 Å². The van der Waals surface area contributed by atoms with Crippen molar-refractivity contribution in [3.8, 4) is 0 Å². The van der Waals surface area contributed by atoms with Crippen molar-refractivity contribution in [2.45, 2.75) is 57.4 Å². The molecule has 2 aliphatic carbocycles. The molecule has 2 aliphatic rings. The first kappa shape index (κ1) is 22.6. The molecule has 0 fully saturated rings. The molecule has 168 valence electrons. The summed E-state index contributed by atoms with van der Waals surface area (Å²) in [6, 6.07) is 34.1. The van der Waals surface area contributed by atoms with Gasteiger partial charge in [-0.2, -0.15) is 0 Å².